The number of nitrogens with zero attached hydrogens (tertiary/aromatic N) is 2. The SMILES string of the molecule is CC(=O)C1CCCCN1S(=O)(=O)N(C)C. The summed E-state index contributed by atoms with van der Waals surface area (Å²) in [6.45, 7) is 1.90. The monoisotopic (exact) mass is 234 g/mol. The van der Waals surface area contributed by atoms with Crippen molar-refractivity contribution in [2.45, 2.75) is 32.2 Å². The van der Waals surface area contributed by atoms with Crippen LogP contribution in [0.25, 0.3) is 0 Å². The summed E-state index contributed by atoms with van der Waals surface area (Å²) in [6, 6.07) is -0.467. The Morgan fingerprint density at radius 3 is 2.40 bits per heavy atom. The molecule has 15 heavy (non-hydrogen) atoms. The van der Waals surface area contributed by atoms with Crippen LogP contribution in [0.2, 0.25) is 0 Å². The Hall–Kier alpha value is -0.460. The smallest absolute Gasteiger partial charge is 0.282 e. The van der Waals surface area contributed by atoms with E-state index in [0.717, 1.165) is 17.1 Å². The van der Waals surface area contributed by atoms with Crippen LogP contribution in [0.4, 0.5) is 0 Å². The van der Waals surface area contributed by atoms with E-state index in [0.29, 0.717) is 13.0 Å². The molecule has 1 unspecified atom stereocenters. The first kappa shape index (κ1) is 12.6. The van der Waals surface area contributed by atoms with Gasteiger partial charge in [0, 0.05) is 20.6 Å². The van der Waals surface area contributed by atoms with Crippen LogP contribution in [-0.2, 0) is 15.0 Å². The number of hydrogen-bond acceptors (Lipinski definition) is 3. The van der Waals surface area contributed by atoms with Gasteiger partial charge in [-0.3, -0.25) is 4.79 Å². The third-order valence-electron chi connectivity index (χ3n) is 2.68. The van der Waals surface area contributed by atoms with E-state index >= 15 is 0 Å². The Balaban J connectivity index is 2.95. The zero-order valence-corrected chi connectivity index (χ0v) is 10.2. The molecule has 1 rings (SSSR count). The van der Waals surface area contributed by atoms with E-state index in [9.17, 15) is 13.2 Å². The normalized spacial score (nSPS) is 24.4. The fourth-order valence-electron chi connectivity index (χ4n) is 1.80. The van der Waals surface area contributed by atoms with Gasteiger partial charge in [-0.1, -0.05) is 6.42 Å². The molecule has 0 amide bonds. The molecule has 1 saturated heterocycles. The molecule has 1 aliphatic rings. The maximum absolute atomic E-state index is 11.9. The summed E-state index contributed by atoms with van der Waals surface area (Å²) < 4.78 is 26.3. The predicted octanol–water partition coefficient (Wildman–Crippen LogP) is 0.236. The average Bonchev–Trinajstić information content (AvgIpc) is 2.17. The van der Waals surface area contributed by atoms with Crippen LogP contribution in [0.1, 0.15) is 26.2 Å². The van der Waals surface area contributed by atoms with Crippen LogP contribution >= 0.6 is 0 Å². The molecule has 1 atom stereocenters. The summed E-state index contributed by atoms with van der Waals surface area (Å²) in [4.78, 5) is 11.4. The highest BCUT2D eigenvalue weighted by Gasteiger charge is 2.35. The van der Waals surface area contributed by atoms with Crippen molar-refractivity contribution in [1.82, 2.24) is 8.61 Å². The minimum Gasteiger partial charge on any atom is -0.298 e. The molecule has 0 spiro atoms. The standard InChI is InChI=1S/C9H18N2O3S/c1-8(12)9-6-4-5-7-11(9)15(13,14)10(2)3/h9H,4-7H2,1-3H3. The first-order valence-corrected chi connectivity index (χ1v) is 6.47. The third-order valence-corrected chi connectivity index (χ3v) is 4.63. The molecule has 6 heteroatoms. The summed E-state index contributed by atoms with van der Waals surface area (Å²) in [7, 11) is -0.474. The van der Waals surface area contributed by atoms with E-state index in [2.05, 4.69) is 0 Å². The van der Waals surface area contributed by atoms with Gasteiger partial charge in [0.2, 0.25) is 0 Å². The second-order valence-corrected chi connectivity index (χ2v) is 6.12. The van der Waals surface area contributed by atoms with Gasteiger partial charge >= 0.3 is 0 Å². The van der Waals surface area contributed by atoms with Gasteiger partial charge < -0.3 is 0 Å². The minimum atomic E-state index is -3.45. The largest absolute Gasteiger partial charge is 0.298 e. The van der Waals surface area contributed by atoms with Gasteiger partial charge in [-0.05, 0) is 19.8 Å². The van der Waals surface area contributed by atoms with Crippen molar-refractivity contribution in [1.29, 1.82) is 0 Å². The lowest BCUT2D eigenvalue weighted by molar-refractivity contribution is -0.121. The van der Waals surface area contributed by atoms with Gasteiger partial charge in [0.05, 0.1) is 6.04 Å². The van der Waals surface area contributed by atoms with E-state index in [1.165, 1.54) is 25.3 Å². The number of rotatable bonds is 3. The molecule has 0 aromatic rings. The number of carbonyl (C=O) groups excluding carboxylic acids is 1. The molecule has 5 nitrogen and oxygen atoms in total. The number of ketones is 1. The first-order chi connectivity index (χ1) is 6.87. The molecule has 1 heterocycles. The fraction of sp³-hybridized carbons (Fsp3) is 0.889. The zero-order chi connectivity index (χ0) is 11.6. The van der Waals surface area contributed by atoms with E-state index < -0.39 is 16.3 Å². The van der Waals surface area contributed by atoms with Gasteiger partial charge in [-0.15, -0.1) is 0 Å². The quantitative estimate of drug-likeness (QED) is 0.702. The Morgan fingerprint density at radius 1 is 1.33 bits per heavy atom. The second-order valence-electron chi connectivity index (χ2n) is 4.02. The van der Waals surface area contributed by atoms with Crippen LogP contribution in [0.15, 0.2) is 0 Å². The maximum Gasteiger partial charge on any atom is 0.282 e. The van der Waals surface area contributed by atoms with Crippen LogP contribution in [0.3, 0.4) is 0 Å². The van der Waals surface area contributed by atoms with Crippen molar-refractivity contribution in [3.8, 4) is 0 Å². The molecule has 88 valence electrons. The van der Waals surface area contributed by atoms with E-state index in [4.69, 9.17) is 0 Å². The number of carbonyl (C=O) groups is 1. The van der Waals surface area contributed by atoms with Crippen molar-refractivity contribution in [3.63, 3.8) is 0 Å². The van der Waals surface area contributed by atoms with Crippen LogP contribution < -0.4 is 0 Å². The van der Waals surface area contributed by atoms with E-state index in [1.54, 1.807) is 0 Å². The Morgan fingerprint density at radius 2 is 1.93 bits per heavy atom. The van der Waals surface area contributed by atoms with E-state index in [1.807, 2.05) is 0 Å². The molecular formula is C9H18N2O3S. The molecular weight excluding hydrogens is 216 g/mol. The van der Waals surface area contributed by atoms with Gasteiger partial charge in [0.15, 0.2) is 0 Å². The van der Waals surface area contributed by atoms with E-state index in [-0.39, 0.29) is 5.78 Å². The topological polar surface area (TPSA) is 57.7 Å². The van der Waals surface area contributed by atoms with Crippen molar-refractivity contribution in [2.75, 3.05) is 20.6 Å². The lowest BCUT2D eigenvalue weighted by Gasteiger charge is -2.34. The molecule has 0 aromatic carbocycles. The van der Waals surface area contributed by atoms with Crippen LogP contribution in [-0.4, -0.2) is 49.5 Å². The number of piperidine rings is 1. The highest BCUT2D eigenvalue weighted by molar-refractivity contribution is 7.86. The highest BCUT2D eigenvalue weighted by Crippen LogP contribution is 2.22. The second kappa shape index (κ2) is 4.59. The molecule has 0 N–H and O–H groups in total. The lowest BCUT2D eigenvalue weighted by atomic mass is 10.0. The number of hydrogen-bond donors (Lipinski definition) is 0. The molecule has 0 radical (unpaired) electrons. The Kier molecular flexibility index (Phi) is 3.86. The van der Waals surface area contributed by atoms with Gasteiger partial charge in [0.25, 0.3) is 10.2 Å². The number of Topliss-reactive ketones (excluding diaryl/α,β-unsaturated/α-hetero) is 1. The molecule has 0 bridgehead atoms. The lowest BCUT2D eigenvalue weighted by Crippen LogP contribution is -2.51. The third kappa shape index (κ3) is 2.56. The fourth-order valence-corrected chi connectivity index (χ4v) is 3.15. The van der Waals surface area contributed by atoms with Crippen molar-refractivity contribution < 1.29 is 13.2 Å². The molecule has 0 aromatic heterocycles. The van der Waals surface area contributed by atoms with Crippen LogP contribution in [0, 0.1) is 0 Å². The maximum atomic E-state index is 11.9. The van der Waals surface area contributed by atoms with Crippen molar-refractivity contribution in [2.24, 2.45) is 0 Å². The molecule has 0 saturated carbocycles. The summed E-state index contributed by atoms with van der Waals surface area (Å²) in [5, 5.41) is 0. The summed E-state index contributed by atoms with van der Waals surface area (Å²) in [6.07, 6.45) is 2.39. The van der Waals surface area contributed by atoms with Crippen molar-refractivity contribution in [3.05, 3.63) is 0 Å². The average molecular weight is 234 g/mol. The van der Waals surface area contributed by atoms with Crippen LogP contribution in [0.5, 0.6) is 0 Å². The zero-order valence-electron chi connectivity index (χ0n) is 9.43. The Bertz CT molecular complexity index is 337. The van der Waals surface area contributed by atoms with Gasteiger partial charge in [0.1, 0.15) is 5.78 Å². The van der Waals surface area contributed by atoms with Gasteiger partial charge in [-0.2, -0.15) is 17.0 Å². The minimum absolute atomic E-state index is 0.0693. The summed E-state index contributed by atoms with van der Waals surface area (Å²) in [5.41, 5.74) is 0. The molecule has 1 fully saturated rings. The van der Waals surface area contributed by atoms with Gasteiger partial charge in [-0.25, -0.2) is 0 Å². The molecule has 0 aliphatic carbocycles. The first-order valence-electron chi connectivity index (χ1n) is 5.07. The van der Waals surface area contributed by atoms with Crippen molar-refractivity contribution >= 4 is 16.0 Å². The summed E-state index contributed by atoms with van der Waals surface area (Å²) >= 11 is 0. The highest BCUT2D eigenvalue weighted by atomic mass is 32.2. The molecule has 1 aliphatic heterocycles. The Labute approximate surface area is 91.2 Å². The predicted molar refractivity (Wildman–Crippen MR) is 57.6 cm³/mol. The summed E-state index contributed by atoms with van der Waals surface area (Å²) in [5.74, 6) is -0.0693.